The fourth-order valence-corrected chi connectivity index (χ4v) is 4.67. The molecule has 10 heteroatoms. The molecular formula is C18H12FN5O2S2. The van der Waals surface area contributed by atoms with Gasteiger partial charge in [0.2, 0.25) is 5.13 Å². The minimum atomic E-state index is -4.14. The van der Waals surface area contributed by atoms with Crippen molar-refractivity contribution < 1.29 is 12.8 Å². The van der Waals surface area contributed by atoms with Crippen molar-refractivity contribution >= 4 is 37.4 Å². The highest BCUT2D eigenvalue weighted by molar-refractivity contribution is 7.92. The average Bonchev–Trinajstić information content (AvgIpc) is 3.23. The molecular weight excluding hydrogens is 401 g/mol. The molecule has 0 saturated carbocycles. The summed E-state index contributed by atoms with van der Waals surface area (Å²) in [4.78, 5) is 4.13. The Bertz CT molecular complexity index is 1320. The third-order valence-electron chi connectivity index (χ3n) is 3.84. The zero-order valence-corrected chi connectivity index (χ0v) is 16.1. The van der Waals surface area contributed by atoms with E-state index in [1.807, 2.05) is 24.3 Å². The summed E-state index contributed by atoms with van der Waals surface area (Å²) in [7, 11) is -4.14. The van der Waals surface area contributed by atoms with Gasteiger partial charge in [0.05, 0.1) is 32.4 Å². The maximum absolute atomic E-state index is 13.7. The second-order valence-corrected chi connectivity index (χ2v) is 8.63. The normalized spacial score (nSPS) is 11.5. The number of thiazole rings is 1. The second kappa shape index (κ2) is 6.70. The molecule has 2 aromatic carbocycles. The van der Waals surface area contributed by atoms with Gasteiger partial charge in [0, 0.05) is 6.07 Å². The van der Waals surface area contributed by atoms with Crippen LogP contribution < -0.4 is 4.72 Å². The SMILES string of the molecule is Cc1cc(NS(=O)(=O)c2cc(F)cc(C#N)c2)n(-c2nc3ccccc3s2)n1. The number of aromatic nitrogens is 3. The molecule has 0 saturated heterocycles. The summed E-state index contributed by atoms with van der Waals surface area (Å²) in [5, 5.41) is 13.8. The van der Waals surface area contributed by atoms with Crippen molar-refractivity contribution in [3.05, 3.63) is 65.6 Å². The first kappa shape index (κ1) is 18.1. The van der Waals surface area contributed by atoms with Crippen LogP contribution in [0.3, 0.4) is 0 Å². The highest BCUT2D eigenvalue weighted by atomic mass is 32.2. The van der Waals surface area contributed by atoms with Crippen LogP contribution in [-0.2, 0) is 10.0 Å². The highest BCUT2D eigenvalue weighted by Gasteiger charge is 2.21. The predicted molar refractivity (Wildman–Crippen MR) is 103 cm³/mol. The molecule has 0 aliphatic rings. The monoisotopic (exact) mass is 413 g/mol. The van der Waals surface area contributed by atoms with Crippen molar-refractivity contribution in [3.63, 3.8) is 0 Å². The van der Waals surface area contributed by atoms with Crippen LogP contribution in [0.2, 0.25) is 0 Å². The molecule has 140 valence electrons. The van der Waals surface area contributed by atoms with E-state index in [0.29, 0.717) is 10.8 Å². The quantitative estimate of drug-likeness (QED) is 0.551. The summed E-state index contributed by atoms with van der Waals surface area (Å²) in [6.07, 6.45) is 0. The van der Waals surface area contributed by atoms with Gasteiger partial charge in [-0.25, -0.2) is 17.8 Å². The number of sulfonamides is 1. The van der Waals surface area contributed by atoms with E-state index in [1.165, 1.54) is 16.0 Å². The van der Waals surface area contributed by atoms with E-state index in [-0.39, 0.29) is 16.3 Å². The summed E-state index contributed by atoms with van der Waals surface area (Å²) in [6.45, 7) is 1.72. The van der Waals surface area contributed by atoms with Crippen molar-refractivity contribution in [1.82, 2.24) is 14.8 Å². The van der Waals surface area contributed by atoms with E-state index in [2.05, 4.69) is 14.8 Å². The third kappa shape index (κ3) is 3.33. The Hall–Kier alpha value is -3.29. The molecule has 28 heavy (non-hydrogen) atoms. The van der Waals surface area contributed by atoms with Gasteiger partial charge >= 0.3 is 0 Å². The first-order valence-electron chi connectivity index (χ1n) is 8.02. The maximum atomic E-state index is 13.7. The van der Waals surface area contributed by atoms with Crippen molar-refractivity contribution in [1.29, 1.82) is 5.26 Å². The molecule has 0 radical (unpaired) electrons. The Morgan fingerprint density at radius 2 is 2.00 bits per heavy atom. The lowest BCUT2D eigenvalue weighted by atomic mass is 10.2. The van der Waals surface area contributed by atoms with E-state index < -0.39 is 15.8 Å². The zero-order valence-electron chi connectivity index (χ0n) is 14.4. The molecule has 2 heterocycles. The summed E-state index contributed by atoms with van der Waals surface area (Å²) in [5.74, 6) is -0.644. The molecule has 4 rings (SSSR count). The molecule has 0 bridgehead atoms. The number of nitriles is 1. The minimum absolute atomic E-state index is 0.0868. The van der Waals surface area contributed by atoms with E-state index in [0.717, 1.165) is 28.4 Å². The predicted octanol–water partition coefficient (Wildman–Crippen LogP) is 3.60. The summed E-state index contributed by atoms with van der Waals surface area (Å²) in [6, 6.07) is 13.7. The van der Waals surface area contributed by atoms with Crippen LogP contribution >= 0.6 is 11.3 Å². The molecule has 0 aliphatic heterocycles. The summed E-state index contributed by atoms with van der Waals surface area (Å²) >= 11 is 1.36. The molecule has 0 atom stereocenters. The molecule has 0 amide bonds. The fraction of sp³-hybridized carbons (Fsp3) is 0.0556. The Kier molecular flexibility index (Phi) is 4.33. The van der Waals surface area contributed by atoms with E-state index in [1.54, 1.807) is 19.1 Å². The van der Waals surface area contributed by atoms with Crippen LogP contribution in [0.25, 0.3) is 15.3 Å². The van der Waals surface area contributed by atoms with Gasteiger partial charge in [0.15, 0.2) is 0 Å². The fourth-order valence-electron chi connectivity index (χ4n) is 2.65. The lowest BCUT2D eigenvalue weighted by molar-refractivity contribution is 0.594. The number of anilines is 1. The van der Waals surface area contributed by atoms with Gasteiger partial charge in [0.25, 0.3) is 10.0 Å². The molecule has 0 aliphatic carbocycles. The van der Waals surface area contributed by atoms with Crippen LogP contribution in [-0.4, -0.2) is 23.2 Å². The number of aryl methyl sites for hydroxylation is 1. The number of hydrogen-bond acceptors (Lipinski definition) is 6. The Labute approximate surface area is 163 Å². The first-order valence-corrected chi connectivity index (χ1v) is 10.3. The smallest absolute Gasteiger partial charge is 0.263 e. The molecule has 0 fully saturated rings. The Morgan fingerprint density at radius 3 is 2.75 bits per heavy atom. The first-order chi connectivity index (χ1) is 13.4. The Morgan fingerprint density at radius 1 is 1.21 bits per heavy atom. The number of nitrogens with one attached hydrogen (secondary N) is 1. The van der Waals surface area contributed by atoms with E-state index in [9.17, 15) is 12.8 Å². The number of halogens is 1. The van der Waals surface area contributed by atoms with Gasteiger partial charge in [0.1, 0.15) is 11.6 Å². The largest absolute Gasteiger partial charge is 0.263 e. The molecule has 4 aromatic rings. The number of benzene rings is 2. The number of fused-ring (bicyclic) bond motifs is 1. The van der Waals surface area contributed by atoms with E-state index >= 15 is 0 Å². The van der Waals surface area contributed by atoms with Crippen molar-refractivity contribution in [2.24, 2.45) is 0 Å². The lowest BCUT2D eigenvalue weighted by Crippen LogP contribution is -2.16. The average molecular weight is 413 g/mol. The van der Waals surface area contributed by atoms with E-state index in [4.69, 9.17) is 5.26 Å². The van der Waals surface area contributed by atoms with Crippen LogP contribution in [0.15, 0.2) is 53.4 Å². The van der Waals surface area contributed by atoms with Gasteiger partial charge in [-0.3, -0.25) is 4.72 Å². The lowest BCUT2D eigenvalue weighted by Gasteiger charge is -2.09. The third-order valence-corrected chi connectivity index (χ3v) is 6.19. The maximum Gasteiger partial charge on any atom is 0.263 e. The summed E-state index contributed by atoms with van der Waals surface area (Å²) < 4.78 is 43.9. The topological polar surface area (TPSA) is 101 Å². The van der Waals surface area contributed by atoms with Gasteiger partial charge in [-0.2, -0.15) is 15.0 Å². The number of nitrogens with zero attached hydrogens (tertiary/aromatic N) is 4. The Balaban J connectivity index is 1.77. The minimum Gasteiger partial charge on any atom is -0.263 e. The van der Waals surface area contributed by atoms with Crippen molar-refractivity contribution in [2.75, 3.05) is 4.72 Å². The van der Waals surface area contributed by atoms with Gasteiger partial charge in [-0.05, 0) is 37.3 Å². The molecule has 0 spiro atoms. The molecule has 2 aromatic heterocycles. The van der Waals surface area contributed by atoms with Crippen molar-refractivity contribution in [2.45, 2.75) is 11.8 Å². The van der Waals surface area contributed by atoms with Gasteiger partial charge < -0.3 is 0 Å². The number of hydrogen-bond donors (Lipinski definition) is 1. The number of para-hydroxylation sites is 1. The van der Waals surface area contributed by atoms with Crippen LogP contribution in [0.4, 0.5) is 10.2 Å². The zero-order chi connectivity index (χ0) is 19.9. The number of rotatable bonds is 4. The molecule has 0 unspecified atom stereocenters. The highest BCUT2D eigenvalue weighted by Crippen LogP contribution is 2.28. The van der Waals surface area contributed by atoms with Crippen LogP contribution in [0.5, 0.6) is 0 Å². The van der Waals surface area contributed by atoms with Crippen LogP contribution in [0, 0.1) is 24.1 Å². The molecule has 1 N–H and O–H groups in total. The van der Waals surface area contributed by atoms with Gasteiger partial charge in [-0.1, -0.05) is 23.5 Å². The van der Waals surface area contributed by atoms with Gasteiger partial charge in [-0.15, -0.1) is 0 Å². The second-order valence-electron chi connectivity index (χ2n) is 5.94. The van der Waals surface area contributed by atoms with Crippen molar-refractivity contribution in [3.8, 4) is 11.2 Å². The standard InChI is InChI=1S/C18H12FN5O2S2/c1-11-6-17(23-28(25,26)14-8-12(10-20)7-13(19)9-14)24(22-11)18-21-15-4-2-3-5-16(15)27-18/h2-9,23H,1H3. The summed E-state index contributed by atoms with van der Waals surface area (Å²) in [5.41, 5.74) is 1.26. The van der Waals surface area contributed by atoms with Crippen LogP contribution in [0.1, 0.15) is 11.3 Å². The molecule has 7 nitrogen and oxygen atoms in total.